The van der Waals surface area contributed by atoms with Gasteiger partial charge >= 0.3 is 0 Å². The normalized spacial score (nSPS) is 20.5. The molecule has 0 aliphatic carbocycles. The highest BCUT2D eigenvalue weighted by molar-refractivity contribution is 6.35. The third-order valence-electron chi connectivity index (χ3n) is 2.83. The van der Waals surface area contributed by atoms with Crippen molar-refractivity contribution in [3.63, 3.8) is 0 Å². The molecule has 1 N–H and O–H groups in total. The van der Waals surface area contributed by atoms with Crippen LogP contribution >= 0.6 is 23.2 Å². The highest BCUT2D eigenvalue weighted by atomic mass is 35.5. The molecule has 1 unspecified atom stereocenters. The van der Waals surface area contributed by atoms with Crippen LogP contribution in [0.2, 0.25) is 10.0 Å². The van der Waals surface area contributed by atoms with Crippen LogP contribution in [0, 0.1) is 12.3 Å². The van der Waals surface area contributed by atoms with Crippen LogP contribution in [-0.4, -0.2) is 19.7 Å². The van der Waals surface area contributed by atoms with E-state index in [1.807, 2.05) is 12.1 Å². The Morgan fingerprint density at radius 2 is 2.24 bits per heavy atom. The highest BCUT2D eigenvalue weighted by Crippen LogP contribution is 2.22. The van der Waals surface area contributed by atoms with Gasteiger partial charge in [0.05, 0.1) is 13.2 Å². The summed E-state index contributed by atoms with van der Waals surface area (Å²) in [5, 5.41) is 4.67. The number of halogens is 2. The summed E-state index contributed by atoms with van der Waals surface area (Å²) in [6.45, 7) is 3.38. The maximum Gasteiger partial charge on any atom is 0.0731 e. The van der Waals surface area contributed by atoms with E-state index >= 15 is 0 Å². The molecule has 1 aliphatic heterocycles. The van der Waals surface area contributed by atoms with Crippen LogP contribution in [0.1, 0.15) is 12.0 Å². The van der Waals surface area contributed by atoms with Crippen molar-refractivity contribution in [1.29, 1.82) is 0 Å². The summed E-state index contributed by atoms with van der Waals surface area (Å²) in [6.07, 6.45) is 3.44. The maximum absolute atomic E-state index is 6.07. The topological polar surface area (TPSA) is 21.3 Å². The van der Waals surface area contributed by atoms with E-state index in [9.17, 15) is 0 Å². The lowest BCUT2D eigenvalue weighted by Gasteiger charge is -2.22. The molecule has 0 bridgehead atoms. The lowest BCUT2D eigenvalue weighted by atomic mass is 10.0. The quantitative estimate of drug-likeness (QED) is 0.908. The number of ether oxygens (including phenoxy) is 1. The number of hydrogen-bond donors (Lipinski definition) is 1. The zero-order chi connectivity index (χ0) is 12.1. The fraction of sp³-hybridized carbons (Fsp3) is 0.462. The first-order valence-corrected chi connectivity index (χ1v) is 6.57. The molecule has 0 aromatic heterocycles. The van der Waals surface area contributed by atoms with Gasteiger partial charge in [-0.25, -0.2) is 0 Å². The Bertz CT molecular complexity index is 364. The van der Waals surface area contributed by atoms with Crippen LogP contribution in [0.15, 0.2) is 18.2 Å². The molecule has 1 atom stereocenters. The van der Waals surface area contributed by atoms with Crippen LogP contribution in [0.5, 0.6) is 0 Å². The van der Waals surface area contributed by atoms with Crippen molar-refractivity contribution in [2.45, 2.75) is 13.0 Å². The van der Waals surface area contributed by atoms with Crippen molar-refractivity contribution < 1.29 is 4.74 Å². The molecule has 4 heteroatoms. The van der Waals surface area contributed by atoms with E-state index in [2.05, 4.69) is 11.7 Å². The molecule has 0 amide bonds. The SMILES string of the molecule is Clc1ccc(COCC2[CH]CCNC2)c(Cl)c1. The molecular weight excluding hydrogens is 257 g/mol. The number of nitrogens with one attached hydrogen (secondary N) is 1. The molecule has 0 saturated carbocycles. The minimum absolute atomic E-state index is 0.509. The Balaban J connectivity index is 1.77. The Labute approximate surface area is 112 Å². The summed E-state index contributed by atoms with van der Waals surface area (Å²) in [5.74, 6) is 0.509. The van der Waals surface area contributed by atoms with Crippen molar-refractivity contribution in [2.75, 3.05) is 19.7 Å². The molecule has 1 heterocycles. The van der Waals surface area contributed by atoms with Crippen LogP contribution < -0.4 is 5.32 Å². The molecule has 93 valence electrons. The molecule has 0 spiro atoms. The fourth-order valence-electron chi connectivity index (χ4n) is 1.88. The van der Waals surface area contributed by atoms with E-state index in [1.165, 1.54) is 0 Å². The van der Waals surface area contributed by atoms with Crippen LogP contribution in [0.25, 0.3) is 0 Å². The smallest absolute Gasteiger partial charge is 0.0731 e. The van der Waals surface area contributed by atoms with Crippen molar-refractivity contribution in [3.8, 4) is 0 Å². The zero-order valence-electron chi connectivity index (χ0n) is 9.59. The Morgan fingerprint density at radius 1 is 1.35 bits per heavy atom. The van der Waals surface area contributed by atoms with E-state index in [1.54, 1.807) is 6.07 Å². The molecule has 1 saturated heterocycles. The van der Waals surface area contributed by atoms with Crippen molar-refractivity contribution in [1.82, 2.24) is 5.32 Å². The average molecular weight is 273 g/mol. The minimum Gasteiger partial charge on any atom is -0.376 e. The standard InChI is InChI=1S/C13H16Cl2NO/c14-12-4-3-11(13(15)6-12)9-17-8-10-2-1-5-16-7-10/h2-4,6,10,16H,1,5,7-9H2. The Morgan fingerprint density at radius 3 is 2.94 bits per heavy atom. The van der Waals surface area contributed by atoms with Gasteiger partial charge in [0.25, 0.3) is 0 Å². The maximum atomic E-state index is 6.07. The monoisotopic (exact) mass is 272 g/mol. The van der Waals surface area contributed by atoms with E-state index in [4.69, 9.17) is 27.9 Å². The van der Waals surface area contributed by atoms with E-state index < -0.39 is 0 Å². The largest absolute Gasteiger partial charge is 0.376 e. The Hall–Kier alpha value is -0.280. The second-order valence-corrected chi connectivity index (χ2v) is 5.08. The molecule has 1 aliphatic rings. The number of hydrogen-bond acceptors (Lipinski definition) is 2. The van der Waals surface area contributed by atoms with Gasteiger partial charge in [0.2, 0.25) is 0 Å². The third kappa shape index (κ3) is 4.14. The number of piperidine rings is 1. The Kier molecular flexibility index (Phi) is 5.11. The summed E-state index contributed by atoms with van der Waals surface area (Å²) >= 11 is 11.9. The van der Waals surface area contributed by atoms with Gasteiger partial charge in [0.1, 0.15) is 0 Å². The predicted octanol–water partition coefficient (Wildman–Crippen LogP) is 3.32. The molecule has 1 radical (unpaired) electrons. The van der Waals surface area contributed by atoms with Crippen molar-refractivity contribution in [2.24, 2.45) is 5.92 Å². The van der Waals surface area contributed by atoms with Gasteiger partial charge in [-0.2, -0.15) is 0 Å². The lowest BCUT2D eigenvalue weighted by molar-refractivity contribution is 0.0915. The van der Waals surface area contributed by atoms with Gasteiger partial charge in [-0.05, 0) is 43.0 Å². The fourth-order valence-corrected chi connectivity index (χ4v) is 2.34. The molecule has 1 fully saturated rings. The molecule has 1 aromatic carbocycles. The summed E-state index contributed by atoms with van der Waals surface area (Å²) in [6, 6.07) is 5.49. The molecule has 2 nitrogen and oxygen atoms in total. The number of rotatable bonds is 4. The van der Waals surface area contributed by atoms with E-state index in [0.29, 0.717) is 22.6 Å². The summed E-state index contributed by atoms with van der Waals surface area (Å²) in [4.78, 5) is 0. The molecular formula is C13H16Cl2NO. The van der Waals surface area contributed by atoms with Gasteiger partial charge in [0, 0.05) is 16.6 Å². The highest BCUT2D eigenvalue weighted by Gasteiger charge is 2.13. The molecule has 1 aromatic rings. The van der Waals surface area contributed by atoms with Crippen LogP contribution in [0.3, 0.4) is 0 Å². The van der Waals surface area contributed by atoms with Gasteiger partial charge < -0.3 is 10.1 Å². The first-order chi connectivity index (χ1) is 8.25. The third-order valence-corrected chi connectivity index (χ3v) is 3.42. The molecule has 2 rings (SSSR count). The van der Waals surface area contributed by atoms with Crippen LogP contribution in [-0.2, 0) is 11.3 Å². The second-order valence-electron chi connectivity index (χ2n) is 4.24. The zero-order valence-corrected chi connectivity index (χ0v) is 11.1. The van der Waals surface area contributed by atoms with Gasteiger partial charge in [-0.15, -0.1) is 0 Å². The second kappa shape index (κ2) is 6.60. The van der Waals surface area contributed by atoms with Crippen molar-refractivity contribution >= 4 is 23.2 Å². The summed E-state index contributed by atoms with van der Waals surface area (Å²) < 4.78 is 5.68. The van der Waals surface area contributed by atoms with Crippen molar-refractivity contribution in [3.05, 3.63) is 40.2 Å². The van der Waals surface area contributed by atoms with Crippen LogP contribution in [0.4, 0.5) is 0 Å². The molecule has 17 heavy (non-hydrogen) atoms. The van der Waals surface area contributed by atoms with Gasteiger partial charge in [-0.1, -0.05) is 29.3 Å². The average Bonchev–Trinajstić information content (AvgIpc) is 2.33. The first kappa shape index (κ1) is 13.2. The first-order valence-electron chi connectivity index (χ1n) is 5.81. The van der Waals surface area contributed by atoms with E-state index in [-0.39, 0.29) is 0 Å². The summed E-state index contributed by atoms with van der Waals surface area (Å²) in [7, 11) is 0. The van der Waals surface area contributed by atoms with E-state index in [0.717, 1.165) is 31.7 Å². The van der Waals surface area contributed by atoms with Gasteiger partial charge in [0.15, 0.2) is 0 Å². The lowest BCUT2D eigenvalue weighted by Crippen LogP contribution is -2.32. The predicted molar refractivity (Wildman–Crippen MR) is 71.4 cm³/mol. The van der Waals surface area contributed by atoms with Gasteiger partial charge in [-0.3, -0.25) is 0 Å². The summed E-state index contributed by atoms with van der Waals surface area (Å²) in [5.41, 5.74) is 0.986. The number of benzene rings is 1. The minimum atomic E-state index is 0.509.